The highest BCUT2D eigenvalue weighted by atomic mass is 16.6. The number of hydrogen-bond donors (Lipinski definition) is 2. The van der Waals surface area contributed by atoms with Gasteiger partial charge in [-0.15, -0.1) is 0 Å². The van der Waals surface area contributed by atoms with Crippen LogP contribution in [-0.2, 0) is 4.84 Å². The van der Waals surface area contributed by atoms with Gasteiger partial charge in [-0.05, 0) is 25.0 Å². The van der Waals surface area contributed by atoms with Crippen LogP contribution in [0.15, 0.2) is 24.5 Å². The first-order valence-electron chi connectivity index (χ1n) is 3.63. The highest BCUT2D eigenvalue weighted by molar-refractivity contribution is 5.18. The van der Waals surface area contributed by atoms with Crippen molar-refractivity contribution < 1.29 is 4.84 Å². The van der Waals surface area contributed by atoms with Gasteiger partial charge in [0.2, 0.25) is 0 Å². The van der Waals surface area contributed by atoms with Crippen LogP contribution in [0.2, 0.25) is 0 Å². The molecule has 11 heavy (non-hydrogen) atoms. The molecule has 0 aromatic carbocycles. The smallest absolute Gasteiger partial charge is 0.142 e. The van der Waals surface area contributed by atoms with Crippen LogP contribution in [-0.4, -0.2) is 13.6 Å². The molecule has 0 aliphatic heterocycles. The monoisotopic (exact) mass is 156 g/mol. The third-order valence-electron chi connectivity index (χ3n) is 1.30. The third-order valence-corrected chi connectivity index (χ3v) is 1.30. The van der Waals surface area contributed by atoms with Gasteiger partial charge in [-0.2, -0.15) is 5.48 Å². The minimum absolute atomic E-state index is 0.584. The molecular weight excluding hydrogens is 140 g/mol. The van der Waals surface area contributed by atoms with E-state index >= 15 is 0 Å². The second kappa shape index (κ2) is 5.95. The van der Waals surface area contributed by atoms with Crippen molar-refractivity contribution in [3.63, 3.8) is 0 Å². The summed E-state index contributed by atoms with van der Waals surface area (Å²) in [6, 6.07) is 0. The molecule has 0 aromatic heterocycles. The summed E-state index contributed by atoms with van der Waals surface area (Å²) in [6.07, 6.45) is 1.77. The van der Waals surface area contributed by atoms with Crippen LogP contribution in [0.3, 0.4) is 0 Å². The Morgan fingerprint density at radius 3 is 2.64 bits per heavy atom. The van der Waals surface area contributed by atoms with Gasteiger partial charge in [-0.3, -0.25) is 0 Å². The van der Waals surface area contributed by atoms with E-state index in [9.17, 15) is 0 Å². The largest absolute Gasteiger partial charge is 0.409 e. The Morgan fingerprint density at radius 1 is 1.55 bits per heavy atom. The fraction of sp³-hybridized carbons (Fsp3) is 0.500. The van der Waals surface area contributed by atoms with Gasteiger partial charge in [0.1, 0.15) is 5.76 Å². The molecule has 3 nitrogen and oxygen atoms in total. The lowest BCUT2D eigenvalue weighted by atomic mass is 10.1. The molecule has 0 fully saturated rings. The van der Waals surface area contributed by atoms with Crippen molar-refractivity contribution in [3.8, 4) is 0 Å². The summed E-state index contributed by atoms with van der Waals surface area (Å²) in [7, 11) is 1.68. The van der Waals surface area contributed by atoms with Gasteiger partial charge in [-0.1, -0.05) is 13.2 Å². The average molecular weight is 156 g/mol. The Kier molecular flexibility index (Phi) is 5.51. The Morgan fingerprint density at radius 2 is 2.18 bits per heavy atom. The molecule has 3 heteroatoms. The van der Waals surface area contributed by atoms with Crippen LogP contribution in [0.25, 0.3) is 0 Å². The molecule has 0 unspecified atom stereocenters. The van der Waals surface area contributed by atoms with E-state index in [-0.39, 0.29) is 0 Å². The SMILES string of the molecule is C=C(CCCN)C(=C)ONC. The van der Waals surface area contributed by atoms with Gasteiger partial charge in [0.15, 0.2) is 0 Å². The van der Waals surface area contributed by atoms with Crippen molar-refractivity contribution in [1.82, 2.24) is 5.48 Å². The van der Waals surface area contributed by atoms with Crippen LogP contribution in [0, 0.1) is 0 Å². The van der Waals surface area contributed by atoms with Crippen molar-refractivity contribution in [2.24, 2.45) is 5.73 Å². The summed E-state index contributed by atoms with van der Waals surface area (Å²) in [5.74, 6) is 0.584. The van der Waals surface area contributed by atoms with E-state index in [4.69, 9.17) is 10.6 Å². The third kappa shape index (κ3) is 4.58. The molecule has 64 valence electrons. The van der Waals surface area contributed by atoms with Crippen molar-refractivity contribution in [2.75, 3.05) is 13.6 Å². The van der Waals surface area contributed by atoms with Crippen molar-refractivity contribution in [2.45, 2.75) is 12.8 Å². The zero-order valence-electron chi connectivity index (χ0n) is 7.02. The molecule has 0 spiro atoms. The summed E-state index contributed by atoms with van der Waals surface area (Å²) < 4.78 is 0. The van der Waals surface area contributed by atoms with E-state index in [1.807, 2.05) is 0 Å². The molecule has 3 N–H and O–H groups in total. The number of hydroxylamine groups is 1. The van der Waals surface area contributed by atoms with Crippen molar-refractivity contribution in [3.05, 3.63) is 24.5 Å². The lowest BCUT2D eigenvalue weighted by molar-refractivity contribution is 0.133. The van der Waals surface area contributed by atoms with Gasteiger partial charge >= 0.3 is 0 Å². The molecule has 0 radical (unpaired) electrons. The summed E-state index contributed by atoms with van der Waals surface area (Å²) >= 11 is 0. The van der Waals surface area contributed by atoms with Crippen LogP contribution < -0.4 is 11.2 Å². The normalized spacial score (nSPS) is 9.27. The first-order chi connectivity index (χ1) is 5.22. The summed E-state index contributed by atoms with van der Waals surface area (Å²) in [6.45, 7) is 8.14. The Labute approximate surface area is 67.9 Å². The molecular formula is C8H16N2O. The molecule has 0 aliphatic carbocycles. The number of rotatable bonds is 6. The van der Waals surface area contributed by atoms with E-state index < -0.39 is 0 Å². The highest BCUT2D eigenvalue weighted by Gasteiger charge is 1.99. The van der Waals surface area contributed by atoms with E-state index in [1.165, 1.54) is 0 Å². The van der Waals surface area contributed by atoms with E-state index in [0.29, 0.717) is 12.3 Å². The van der Waals surface area contributed by atoms with Crippen LogP contribution in [0.5, 0.6) is 0 Å². The number of nitrogens with two attached hydrogens (primary N) is 1. The molecule has 0 aromatic rings. The Bertz CT molecular complexity index is 143. The van der Waals surface area contributed by atoms with E-state index in [1.54, 1.807) is 7.05 Å². The zero-order valence-corrected chi connectivity index (χ0v) is 7.02. The van der Waals surface area contributed by atoms with E-state index in [0.717, 1.165) is 18.4 Å². The van der Waals surface area contributed by atoms with Gasteiger partial charge in [-0.25, -0.2) is 0 Å². The minimum Gasteiger partial charge on any atom is -0.409 e. The molecule has 0 bridgehead atoms. The zero-order chi connectivity index (χ0) is 8.69. The number of hydrogen-bond acceptors (Lipinski definition) is 3. The summed E-state index contributed by atoms with van der Waals surface area (Å²) in [5.41, 5.74) is 8.75. The quantitative estimate of drug-likeness (QED) is 0.342. The average Bonchev–Trinajstić information content (AvgIpc) is 2.00. The van der Waals surface area contributed by atoms with Gasteiger partial charge in [0, 0.05) is 7.05 Å². The molecule has 0 heterocycles. The number of nitrogens with one attached hydrogen (secondary N) is 1. The van der Waals surface area contributed by atoms with Crippen LogP contribution >= 0.6 is 0 Å². The maximum Gasteiger partial charge on any atom is 0.142 e. The van der Waals surface area contributed by atoms with Gasteiger partial charge in [0.25, 0.3) is 0 Å². The molecule has 0 atom stereocenters. The molecule has 0 saturated carbocycles. The lowest BCUT2D eigenvalue weighted by Crippen LogP contribution is -2.08. The first kappa shape index (κ1) is 10.2. The van der Waals surface area contributed by atoms with Gasteiger partial charge < -0.3 is 10.6 Å². The molecule has 0 aliphatic rings. The minimum atomic E-state index is 0.584. The maximum absolute atomic E-state index is 5.32. The second-order valence-electron chi connectivity index (χ2n) is 2.23. The summed E-state index contributed by atoms with van der Waals surface area (Å²) in [5, 5.41) is 0. The second-order valence-corrected chi connectivity index (χ2v) is 2.23. The Balaban J connectivity index is 3.56. The molecule has 0 saturated heterocycles. The predicted molar refractivity (Wildman–Crippen MR) is 46.7 cm³/mol. The fourth-order valence-corrected chi connectivity index (χ4v) is 0.650. The van der Waals surface area contributed by atoms with Crippen LogP contribution in [0.1, 0.15) is 12.8 Å². The van der Waals surface area contributed by atoms with Crippen LogP contribution in [0.4, 0.5) is 0 Å². The molecule has 0 amide bonds. The Hall–Kier alpha value is -0.800. The van der Waals surface area contributed by atoms with Gasteiger partial charge in [0.05, 0.1) is 0 Å². The maximum atomic E-state index is 5.32. The number of allylic oxidation sites excluding steroid dienone is 1. The van der Waals surface area contributed by atoms with Crippen molar-refractivity contribution in [1.29, 1.82) is 0 Å². The topological polar surface area (TPSA) is 47.3 Å². The predicted octanol–water partition coefficient (Wildman–Crippen LogP) is 0.946. The standard InChI is InChI=1S/C8H16N2O/c1-7(5-4-6-9)8(2)11-10-3/h10H,1-2,4-6,9H2,3H3. The lowest BCUT2D eigenvalue weighted by Gasteiger charge is -2.08. The first-order valence-corrected chi connectivity index (χ1v) is 3.63. The summed E-state index contributed by atoms with van der Waals surface area (Å²) in [4.78, 5) is 4.92. The van der Waals surface area contributed by atoms with E-state index in [2.05, 4.69) is 18.6 Å². The molecule has 0 rings (SSSR count). The van der Waals surface area contributed by atoms with Crippen molar-refractivity contribution >= 4 is 0 Å². The highest BCUT2D eigenvalue weighted by Crippen LogP contribution is 2.10. The fourth-order valence-electron chi connectivity index (χ4n) is 0.650.